The zero-order valence-corrected chi connectivity index (χ0v) is 13.0. The van der Waals surface area contributed by atoms with Crippen molar-refractivity contribution in [2.45, 2.75) is 13.8 Å². The molecule has 0 amide bonds. The molecular formula is C13H18BrNO2S. The standard InChI is InChI=1S/C13H18BrNO2S/c1-9(2)8-16-5-6-17-12-4-3-10(14)7-11(12)13(15)18/h3-4,7,9H,5-6,8H2,1-2H3,(H2,15,18). The van der Waals surface area contributed by atoms with Crippen molar-refractivity contribution in [1.29, 1.82) is 0 Å². The quantitative estimate of drug-likeness (QED) is 0.615. The highest BCUT2D eigenvalue weighted by Crippen LogP contribution is 2.23. The average molecular weight is 332 g/mol. The van der Waals surface area contributed by atoms with Gasteiger partial charge in [0.1, 0.15) is 17.3 Å². The smallest absolute Gasteiger partial charge is 0.129 e. The van der Waals surface area contributed by atoms with Crippen LogP contribution in [0.5, 0.6) is 5.75 Å². The Bertz CT molecular complexity index is 410. The first-order valence-electron chi connectivity index (χ1n) is 5.80. The number of halogens is 1. The van der Waals surface area contributed by atoms with E-state index in [-0.39, 0.29) is 0 Å². The second-order valence-corrected chi connectivity index (χ2v) is 5.68. The van der Waals surface area contributed by atoms with E-state index in [1.54, 1.807) is 0 Å². The Morgan fingerprint density at radius 2 is 2.11 bits per heavy atom. The van der Waals surface area contributed by atoms with Crippen LogP contribution in [-0.4, -0.2) is 24.8 Å². The predicted molar refractivity (Wildman–Crippen MR) is 81.2 cm³/mol. The van der Waals surface area contributed by atoms with Crippen molar-refractivity contribution in [3.05, 3.63) is 28.2 Å². The van der Waals surface area contributed by atoms with Gasteiger partial charge in [-0.3, -0.25) is 0 Å². The first kappa shape index (κ1) is 15.4. The molecular weight excluding hydrogens is 314 g/mol. The third-order valence-electron chi connectivity index (χ3n) is 2.14. The number of hydrogen-bond acceptors (Lipinski definition) is 3. The molecule has 0 bridgehead atoms. The van der Waals surface area contributed by atoms with E-state index >= 15 is 0 Å². The molecule has 0 aliphatic heterocycles. The van der Waals surface area contributed by atoms with Gasteiger partial charge in [0.05, 0.1) is 12.2 Å². The lowest BCUT2D eigenvalue weighted by molar-refractivity contribution is 0.0818. The molecule has 0 radical (unpaired) electrons. The van der Waals surface area contributed by atoms with Crippen molar-refractivity contribution in [1.82, 2.24) is 0 Å². The Morgan fingerprint density at radius 3 is 2.72 bits per heavy atom. The topological polar surface area (TPSA) is 44.5 Å². The average Bonchev–Trinajstić information content (AvgIpc) is 2.29. The maximum atomic E-state index is 5.65. The minimum atomic E-state index is 0.328. The van der Waals surface area contributed by atoms with Gasteiger partial charge >= 0.3 is 0 Å². The van der Waals surface area contributed by atoms with Crippen LogP contribution in [0.1, 0.15) is 19.4 Å². The number of ether oxygens (including phenoxy) is 2. The summed E-state index contributed by atoms with van der Waals surface area (Å²) in [5.74, 6) is 1.23. The Morgan fingerprint density at radius 1 is 1.39 bits per heavy atom. The molecule has 0 atom stereocenters. The van der Waals surface area contributed by atoms with Crippen LogP contribution in [0.4, 0.5) is 0 Å². The minimum absolute atomic E-state index is 0.328. The van der Waals surface area contributed by atoms with Gasteiger partial charge in [-0.25, -0.2) is 0 Å². The number of rotatable bonds is 7. The van der Waals surface area contributed by atoms with Crippen molar-refractivity contribution in [2.24, 2.45) is 11.7 Å². The van der Waals surface area contributed by atoms with Gasteiger partial charge < -0.3 is 15.2 Å². The molecule has 1 rings (SSSR count). The summed E-state index contributed by atoms with van der Waals surface area (Å²) in [4.78, 5) is 0.328. The fourth-order valence-corrected chi connectivity index (χ4v) is 1.87. The highest BCUT2D eigenvalue weighted by atomic mass is 79.9. The van der Waals surface area contributed by atoms with Crippen LogP contribution < -0.4 is 10.5 Å². The molecule has 0 aromatic heterocycles. The van der Waals surface area contributed by atoms with E-state index in [0.717, 1.165) is 16.6 Å². The molecule has 0 saturated heterocycles. The van der Waals surface area contributed by atoms with Gasteiger partial charge in [-0.05, 0) is 24.1 Å². The van der Waals surface area contributed by atoms with Crippen LogP contribution in [0.2, 0.25) is 0 Å². The molecule has 3 nitrogen and oxygen atoms in total. The van der Waals surface area contributed by atoms with Crippen LogP contribution in [0.25, 0.3) is 0 Å². The first-order chi connectivity index (χ1) is 8.50. The Balaban J connectivity index is 2.49. The van der Waals surface area contributed by atoms with Gasteiger partial charge in [0.15, 0.2) is 0 Å². The van der Waals surface area contributed by atoms with E-state index in [1.807, 2.05) is 18.2 Å². The Labute approximate surface area is 122 Å². The van der Waals surface area contributed by atoms with Crippen molar-refractivity contribution in [2.75, 3.05) is 19.8 Å². The van der Waals surface area contributed by atoms with Crippen LogP contribution >= 0.6 is 28.1 Å². The van der Waals surface area contributed by atoms with Crippen LogP contribution in [0, 0.1) is 5.92 Å². The molecule has 0 aliphatic rings. The van der Waals surface area contributed by atoms with Crippen molar-refractivity contribution in [3.8, 4) is 5.75 Å². The number of hydrogen-bond donors (Lipinski definition) is 1. The van der Waals surface area contributed by atoms with Crippen LogP contribution in [-0.2, 0) is 4.74 Å². The van der Waals surface area contributed by atoms with Crippen LogP contribution in [0.3, 0.4) is 0 Å². The molecule has 0 spiro atoms. The molecule has 100 valence electrons. The Hall–Kier alpha value is -0.650. The second kappa shape index (κ2) is 7.71. The maximum Gasteiger partial charge on any atom is 0.129 e. The third kappa shape index (κ3) is 5.33. The third-order valence-corrected chi connectivity index (χ3v) is 2.86. The fraction of sp³-hybridized carbons (Fsp3) is 0.462. The summed E-state index contributed by atoms with van der Waals surface area (Å²) in [5.41, 5.74) is 6.39. The van der Waals surface area contributed by atoms with Crippen molar-refractivity contribution in [3.63, 3.8) is 0 Å². The summed E-state index contributed by atoms with van der Waals surface area (Å²) in [6.07, 6.45) is 0. The number of nitrogens with two attached hydrogens (primary N) is 1. The lowest BCUT2D eigenvalue weighted by atomic mass is 10.2. The van der Waals surface area contributed by atoms with E-state index in [2.05, 4.69) is 29.8 Å². The van der Waals surface area contributed by atoms with E-state index in [4.69, 9.17) is 27.4 Å². The summed E-state index contributed by atoms with van der Waals surface area (Å²) in [7, 11) is 0. The highest BCUT2D eigenvalue weighted by Gasteiger charge is 2.07. The molecule has 1 aromatic rings. The summed E-state index contributed by atoms with van der Waals surface area (Å²) in [6.45, 7) is 6.02. The Kier molecular flexibility index (Phi) is 6.60. The molecule has 0 heterocycles. The lowest BCUT2D eigenvalue weighted by Gasteiger charge is -2.12. The minimum Gasteiger partial charge on any atom is -0.490 e. The van der Waals surface area contributed by atoms with E-state index in [1.165, 1.54) is 0 Å². The van der Waals surface area contributed by atoms with Gasteiger partial charge in [0, 0.05) is 11.1 Å². The van der Waals surface area contributed by atoms with E-state index in [9.17, 15) is 0 Å². The summed E-state index contributed by atoms with van der Waals surface area (Å²) in [6, 6.07) is 5.60. The van der Waals surface area contributed by atoms with Crippen molar-refractivity contribution < 1.29 is 9.47 Å². The first-order valence-corrected chi connectivity index (χ1v) is 7.00. The molecule has 2 N–H and O–H groups in total. The zero-order chi connectivity index (χ0) is 13.5. The summed E-state index contributed by atoms with van der Waals surface area (Å²) >= 11 is 8.37. The van der Waals surface area contributed by atoms with Crippen molar-refractivity contribution >= 4 is 33.1 Å². The van der Waals surface area contributed by atoms with Gasteiger partial charge in [0.2, 0.25) is 0 Å². The largest absolute Gasteiger partial charge is 0.490 e. The molecule has 0 aliphatic carbocycles. The summed E-state index contributed by atoms with van der Waals surface area (Å²) in [5, 5.41) is 0. The maximum absolute atomic E-state index is 5.65. The van der Waals surface area contributed by atoms with E-state index in [0.29, 0.717) is 29.9 Å². The van der Waals surface area contributed by atoms with Gasteiger partial charge in [-0.1, -0.05) is 42.0 Å². The van der Waals surface area contributed by atoms with Gasteiger partial charge in [-0.15, -0.1) is 0 Å². The monoisotopic (exact) mass is 331 g/mol. The molecule has 0 saturated carbocycles. The molecule has 1 aromatic carbocycles. The molecule has 0 unspecified atom stereocenters. The summed E-state index contributed by atoms with van der Waals surface area (Å²) < 4.78 is 12.0. The fourth-order valence-electron chi connectivity index (χ4n) is 1.35. The number of thiocarbonyl (C=S) groups is 1. The molecule has 18 heavy (non-hydrogen) atoms. The lowest BCUT2D eigenvalue weighted by Crippen LogP contribution is -2.14. The SMILES string of the molecule is CC(C)COCCOc1ccc(Br)cc1C(N)=S. The van der Waals surface area contributed by atoms with E-state index < -0.39 is 0 Å². The molecule has 0 fully saturated rings. The highest BCUT2D eigenvalue weighted by molar-refractivity contribution is 9.10. The molecule has 5 heteroatoms. The normalized spacial score (nSPS) is 10.7. The predicted octanol–water partition coefficient (Wildman–Crippen LogP) is 3.13. The van der Waals surface area contributed by atoms with Gasteiger partial charge in [0.25, 0.3) is 0 Å². The zero-order valence-electron chi connectivity index (χ0n) is 10.6. The number of benzene rings is 1. The van der Waals surface area contributed by atoms with Gasteiger partial charge in [-0.2, -0.15) is 0 Å². The van der Waals surface area contributed by atoms with Crippen LogP contribution in [0.15, 0.2) is 22.7 Å². The second-order valence-electron chi connectivity index (χ2n) is 4.32.